The summed E-state index contributed by atoms with van der Waals surface area (Å²) >= 11 is 0. The topological polar surface area (TPSA) is 879 Å². The van der Waals surface area contributed by atoms with E-state index in [4.69, 9.17) is 94.9 Å². The molecular formula is C63H116N36O13. The number of aromatic hydroxyl groups is 1. The minimum Gasteiger partial charge on any atom is -0.508 e. The van der Waals surface area contributed by atoms with Gasteiger partial charge in [0.1, 0.15) is 60.1 Å². The van der Waals surface area contributed by atoms with Crippen molar-refractivity contribution in [3.05, 3.63) is 29.8 Å². The van der Waals surface area contributed by atoms with Gasteiger partial charge in [0.05, 0.1) is 13.1 Å². The van der Waals surface area contributed by atoms with Gasteiger partial charge >= 0.3 is 0 Å². The van der Waals surface area contributed by atoms with Crippen LogP contribution in [0.3, 0.4) is 0 Å². The first-order valence-corrected chi connectivity index (χ1v) is 35.8. The number of rotatable bonds is 56. The second-order valence-electron chi connectivity index (χ2n) is 25.4. The maximum Gasteiger partial charge on any atom is 0.243 e. The number of benzene rings is 1. The molecule has 0 aromatic heterocycles. The SMILES string of the molecule is CC(=O)N[C@@H](Cc1ccc(O)cc1)C(=O)NCC(=O)NCC(=O)N[C@@H](CCCNC(=N)N)C(=O)N[C@@H](CCCNC(=N)N)C(=O)N[C@@H](CCCNC(=N)N)C(=O)N[C@@H](CCCNC(=N)N)C(=O)N[C@@H](CCCNC(=N)N)C(=O)N[C@@H](CCCNC(=N)N)C(=O)N[C@@H](CCCNC(=N)N)C(=O)N[C@@H](CCCNC(=N)N)C(N)=O. The fraction of sp³-hybridized carbons (Fsp3) is 0.587. The van der Waals surface area contributed by atoms with Crippen LogP contribution in [0.15, 0.2) is 24.3 Å². The van der Waals surface area contributed by atoms with E-state index in [1.807, 2.05) is 0 Å². The number of nitrogens with two attached hydrogens (primary N) is 9. The molecule has 0 unspecified atom stereocenters. The second-order valence-corrected chi connectivity index (χ2v) is 25.4. The van der Waals surface area contributed by atoms with Gasteiger partial charge in [-0.05, 0) is 120 Å². The van der Waals surface area contributed by atoms with Gasteiger partial charge in [0.15, 0.2) is 47.7 Å². The third kappa shape index (κ3) is 46.1. The van der Waals surface area contributed by atoms with Crippen molar-refractivity contribution in [2.75, 3.05) is 65.4 Å². The molecule has 0 aliphatic rings. The van der Waals surface area contributed by atoms with Crippen LogP contribution >= 0.6 is 0 Å². The summed E-state index contributed by atoms with van der Waals surface area (Å²) in [5.41, 5.74) is 50.2. The van der Waals surface area contributed by atoms with Crippen molar-refractivity contribution >= 4 is 119 Å². The van der Waals surface area contributed by atoms with E-state index in [9.17, 15) is 62.6 Å². The van der Waals surface area contributed by atoms with Gasteiger partial charge in [-0.2, -0.15) is 0 Å². The molecule has 0 fully saturated rings. The van der Waals surface area contributed by atoms with E-state index in [1.54, 1.807) is 0 Å². The number of primary amides is 1. The highest BCUT2D eigenvalue weighted by molar-refractivity contribution is 5.99. The highest BCUT2D eigenvalue weighted by Crippen LogP contribution is 2.14. The Kier molecular flexibility index (Phi) is 47.0. The molecule has 1 aromatic rings. The average Bonchev–Trinajstić information content (AvgIpc) is 0.863. The van der Waals surface area contributed by atoms with Crippen molar-refractivity contribution in [3.8, 4) is 5.75 Å². The van der Waals surface area contributed by atoms with Crippen LogP contribution in [-0.4, -0.2) is 243 Å². The molecule has 0 radical (unpaired) electrons. The molecule has 49 heteroatoms. The van der Waals surface area contributed by atoms with E-state index in [-0.39, 0.29) is 173 Å². The lowest BCUT2D eigenvalue weighted by molar-refractivity contribution is -0.136. The van der Waals surface area contributed by atoms with Gasteiger partial charge in [-0.3, -0.25) is 101 Å². The molecule has 0 saturated carbocycles. The number of nitrogens with one attached hydrogen (secondary N) is 27. The average molecular weight is 1590 g/mol. The van der Waals surface area contributed by atoms with E-state index in [0.717, 1.165) is 0 Å². The number of phenolic OH excluding ortho intramolecular Hbond substituents is 1. The maximum atomic E-state index is 14.9. The molecule has 12 amide bonds. The Morgan fingerprint density at radius 1 is 0.286 bits per heavy atom. The van der Waals surface area contributed by atoms with Crippen LogP contribution < -0.4 is 153 Å². The number of amides is 12. The van der Waals surface area contributed by atoms with Crippen molar-refractivity contribution in [2.45, 2.75) is 170 Å². The van der Waals surface area contributed by atoms with Crippen molar-refractivity contribution in [3.63, 3.8) is 0 Å². The Balaban J connectivity index is 3.89. The third-order valence-corrected chi connectivity index (χ3v) is 15.9. The Morgan fingerprint density at radius 2 is 0.509 bits per heavy atom. The van der Waals surface area contributed by atoms with Gasteiger partial charge in [0, 0.05) is 65.7 Å². The first-order valence-electron chi connectivity index (χ1n) is 35.8. The van der Waals surface area contributed by atoms with Crippen molar-refractivity contribution < 1.29 is 62.6 Å². The summed E-state index contributed by atoms with van der Waals surface area (Å²) < 4.78 is 0. The fourth-order valence-corrected chi connectivity index (χ4v) is 10.4. The molecule has 0 heterocycles. The lowest BCUT2D eigenvalue weighted by Crippen LogP contribution is -2.60. The van der Waals surface area contributed by atoms with E-state index in [0.29, 0.717) is 5.56 Å². The summed E-state index contributed by atoms with van der Waals surface area (Å²) in [4.78, 5) is 167. The predicted molar refractivity (Wildman–Crippen MR) is 413 cm³/mol. The van der Waals surface area contributed by atoms with Gasteiger partial charge in [0.2, 0.25) is 70.9 Å². The van der Waals surface area contributed by atoms with Gasteiger partial charge in [-0.15, -0.1) is 0 Å². The Labute approximate surface area is 646 Å². The summed E-state index contributed by atoms with van der Waals surface area (Å²) in [6.45, 7) is -0.235. The highest BCUT2D eigenvalue weighted by atomic mass is 16.3. The minimum absolute atomic E-state index is 0.00453. The Morgan fingerprint density at radius 3 is 0.741 bits per heavy atom. The molecule has 0 saturated heterocycles. The molecule has 49 nitrogen and oxygen atoms in total. The van der Waals surface area contributed by atoms with Crippen molar-refractivity contribution in [1.82, 2.24) is 101 Å². The zero-order chi connectivity index (χ0) is 84.3. The molecule has 0 aliphatic carbocycles. The Hall–Kier alpha value is -13.2. The zero-order valence-electron chi connectivity index (χ0n) is 62.6. The minimum atomic E-state index is -1.62. The van der Waals surface area contributed by atoms with E-state index >= 15 is 0 Å². The maximum absolute atomic E-state index is 14.9. The number of carbonyl (C=O) groups excluding carboxylic acids is 12. The standard InChI is InChI=1S/C63H116N36O13/c1-33(100)91-44(30-34-18-20-35(101)21-19-34)48(105)90-31-45(102)89-32-46(103)92-37(11-3-23-82-57(67)68)49(106)94-39(13-5-25-84-59(71)72)51(108)96-41(15-7-27-86-61(75)76)53(110)98-43(17-9-29-88-63(79)80)55(112)99-42(16-8-28-87-62(77)78)54(111)97-40(14-6-26-85-60(73)74)52(109)95-38(12-4-24-83-58(69)70)50(107)93-36(47(64)104)10-2-22-81-56(65)66/h18-21,36-44,101H,2-17,22-32H2,1H3,(H2,64,104)(H,89,102)(H,90,105)(H,91,100)(H,92,103)(H,93,107)(H,94,106)(H,95,109)(H,96,108)(H,97,111)(H,98,110)(H,99,112)(H4,65,66,81)(H4,67,68,82)(H4,69,70,83)(H4,71,72,84)(H4,73,74,85)(H4,75,76,86)(H4,77,78,87)(H4,79,80,88)/t36-,37-,38-,39-,40-,41-,42-,43-,44-/m0/s1. The van der Waals surface area contributed by atoms with E-state index < -0.39 is 180 Å². The van der Waals surface area contributed by atoms with Gasteiger partial charge in [-0.25, -0.2) is 0 Å². The van der Waals surface area contributed by atoms with Crippen molar-refractivity contribution in [1.29, 1.82) is 43.3 Å². The van der Waals surface area contributed by atoms with Crippen LogP contribution in [0.2, 0.25) is 0 Å². The van der Waals surface area contributed by atoms with Crippen molar-refractivity contribution in [2.24, 2.45) is 51.6 Å². The molecule has 0 aliphatic heterocycles. The predicted octanol–water partition coefficient (Wildman–Crippen LogP) is -11.9. The molecule has 0 spiro atoms. The zero-order valence-corrected chi connectivity index (χ0v) is 62.6. The number of hydrogen-bond donors (Lipinski definition) is 37. The van der Waals surface area contributed by atoms with Crippen LogP contribution in [0.5, 0.6) is 5.75 Å². The molecule has 46 N–H and O–H groups in total. The summed E-state index contributed by atoms with van der Waals surface area (Å²) in [7, 11) is 0. The lowest BCUT2D eigenvalue weighted by atomic mass is 10.0. The van der Waals surface area contributed by atoms with Gasteiger partial charge < -0.3 is 158 Å². The molecule has 1 rings (SSSR count). The summed E-state index contributed by atoms with van der Waals surface area (Å²) in [6, 6.07) is -7.47. The number of phenols is 1. The molecule has 626 valence electrons. The number of carbonyl (C=O) groups is 12. The molecule has 9 atom stereocenters. The molecular weight excluding hydrogens is 1470 g/mol. The molecule has 1 aromatic carbocycles. The van der Waals surface area contributed by atoms with Gasteiger partial charge in [0.25, 0.3) is 0 Å². The highest BCUT2D eigenvalue weighted by Gasteiger charge is 2.35. The monoisotopic (exact) mass is 1580 g/mol. The van der Waals surface area contributed by atoms with Crippen LogP contribution in [0.1, 0.15) is 115 Å². The molecule has 112 heavy (non-hydrogen) atoms. The number of hydrogen-bond acceptors (Lipinski definition) is 21. The van der Waals surface area contributed by atoms with E-state index in [2.05, 4.69) is 101 Å². The first-order chi connectivity index (χ1) is 52.9. The van der Waals surface area contributed by atoms with E-state index in [1.165, 1.54) is 31.2 Å². The normalized spacial score (nSPS) is 13.0. The van der Waals surface area contributed by atoms with Gasteiger partial charge in [-0.1, -0.05) is 12.1 Å². The second kappa shape index (κ2) is 54.4. The largest absolute Gasteiger partial charge is 0.508 e. The lowest BCUT2D eigenvalue weighted by Gasteiger charge is -2.28. The van der Waals surface area contributed by atoms with Crippen LogP contribution in [0, 0.1) is 43.3 Å². The summed E-state index contributed by atoms with van der Waals surface area (Å²) in [6.07, 6.45) is -1.20. The summed E-state index contributed by atoms with van der Waals surface area (Å²) in [5, 5.41) is 119. The smallest absolute Gasteiger partial charge is 0.243 e. The Bertz CT molecular complexity index is 3370. The quantitative estimate of drug-likeness (QED) is 0.0164. The number of guanidine groups is 8. The molecule has 0 bridgehead atoms. The summed E-state index contributed by atoms with van der Waals surface area (Å²) in [5.74, 6) is -14.4. The van der Waals surface area contributed by atoms with Crippen LogP contribution in [0.4, 0.5) is 0 Å². The fourth-order valence-electron chi connectivity index (χ4n) is 10.4. The third-order valence-electron chi connectivity index (χ3n) is 15.9. The van der Waals surface area contributed by atoms with Crippen LogP contribution in [0.25, 0.3) is 0 Å². The van der Waals surface area contributed by atoms with Crippen LogP contribution in [-0.2, 0) is 64.0 Å². The first kappa shape index (κ1) is 96.8.